The third-order valence-electron chi connectivity index (χ3n) is 3.21. The molecule has 3 aromatic rings. The quantitative estimate of drug-likeness (QED) is 0.645. The first-order valence-electron chi connectivity index (χ1n) is 6.21. The van der Waals surface area contributed by atoms with E-state index in [9.17, 15) is 4.79 Å². The SMILES string of the molecule is Cc1ccc(C(=O)c2cccc3ccccc23)cn1. The van der Waals surface area contributed by atoms with Gasteiger partial charge in [-0.3, -0.25) is 9.78 Å². The minimum absolute atomic E-state index is 0.0179. The fourth-order valence-corrected chi connectivity index (χ4v) is 2.18. The van der Waals surface area contributed by atoms with Gasteiger partial charge in [0.2, 0.25) is 0 Å². The van der Waals surface area contributed by atoms with Crippen molar-refractivity contribution in [1.82, 2.24) is 4.98 Å². The summed E-state index contributed by atoms with van der Waals surface area (Å²) in [4.78, 5) is 16.7. The van der Waals surface area contributed by atoms with Gasteiger partial charge in [-0.1, -0.05) is 42.5 Å². The number of aryl methyl sites for hydroxylation is 1. The Labute approximate surface area is 111 Å². The van der Waals surface area contributed by atoms with E-state index in [1.807, 2.05) is 61.5 Å². The Balaban J connectivity index is 2.14. The van der Waals surface area contributed by atoms with Gasteiger partial charge in [0.25, 0.3) is 0 Å². The Morgan fingerprint density at radius 3 is 2.53 bits per heavy atom. The Bertz CT molecular complexity index is 739. The molecule has 0 saturated carbocycles. The van der Waals surface area contributed by atoms with E-state index in [0.717, 1.165) is 22.0 Å². The molecule has 2 nitrogen and oxygen atoms in total. The van der Waals surface area contributed by atoms with Crippen LogP contribution in [0.2, 0.25) is 0 Å². The van der Waals surface area contributed by atoms with Crippen molar-refractivity contribution in [1.29, 1.82) is 0 Å². The normalized spacial score (nSPS) is 10.6. The second-order valence-electron chi connectivity index (χ2n) is 4.54. The van der Waals surface area contributed by atoms with Gasteiger partial charge in [-0.2, -0.15) is 0 Å². The average molecular weight is 247 g/mol. The van der Waals surface area contributed by atoms with Crippen LogP contribution < -0.4 is 0 Å². The van der Waals surface area contributed by atoms with Crippen LogP contribution in [0.3, 0.4) is 0 Å². The Morgan fingerprint density at radius 1 is 0.947 bits per heavy atom. The molecule has 0 aliphatic rings. The average Bonchev–Trinajstić information content (AvgIpc) is 2.47. The van der Waals surface area contributed by atoms with Gasteiger partial charge in [-0.15, -0.1) is 0 Å². The van der Waals surface area contributed by atoms with Gasteiger partial charge in [0.15, 0.2) is 5.78 Å². The molecule has 0 N–H and O–H groups in total. The number of fused-ring (bicyclic) bond motifs is 1. The van der Waals surface area contributed by atoms with Gasteiger partial charge in [0.1, 0.15) is 0 Å². The van der Waals surface area contributed by atoms with Gasteiger partial charge in [-0.05, 0) is 29.8 Å². The number of ketones is 1. The second kappa shape index (κ2) is 4.65. The van der Waals surface area contributed by atoms with Crippen LogP contribution in [-0.4, -0.2) is 10.8 Å². The van der Waals surface area contributed by atoms with E-state index in [-0.39, 0.29) is 5.78 Å². The van der Waals surface area contributed by atoms with Crippen molar-refractivity contribution in [3.8, 4) is 0 Å². The third kappa shape index (κ3) is 2.13. The topological polar surface area (TPSA) is 30.0 Å². The number of aromatic nitrogens is 1. The molecule has 0 saturated heterocycles. The van der Waals surface area contributed by atoms with Gasteiger partial charge in [0.05, 0.1) is 0 Å². The Kier molecular flexibility index (Phi) is 2.84. The number of carbonyl (C=O) groups is 1. The predicted molar refractivity (Wildman–Crippen MR) is 76.4 cm³/mol. The first-order valence-corrected chi connectivity index (χ1v) is 6.21. The molecule has 0 bridgehead atoms. The lowest BCUT2D eigenvalue weighted by molar-refractivity contribution is 0.104. The van der Waals surface area contributed by atoms with Crippen molar-refractivity contribution in [2.24, 2.45) is 0 Å². The molecule has 0 aliphatic heterocycles. The molecule has 0 radical (unpaired) electrons. The Morgan fingerprint density at radius 2 is 1.74 bits per heavy atom. The van der Waals surface area contributed by atoms with Crippen molar-refractivity contribution in [2.75, 3.05) is 0 Å². The summed E-state index contributed by atoms with van der Waals surface area (Å²) in [7, 11) is 0. The Hall–Kier alpha value is -2.48. The molecule has 0 fully saturated rings. The summed E-state index contributed by atoms with van der Waals surface area (Å²) in [6, 6.07) is 17.4. The molecule has 19 heavy (non-hydrogen) atoms. The summed E-state index contributed by atoms with van der Waals surface area (Å²) in [6.07, 6.45) is 1.64. The van der Waals surface area contributed by atoms with Crippen LogP contribution in [0.25, 0.3) is 10.8 Å². The van der Waals surface area contributed by atoms with Crippen molar-refractivity contribution < 1.29 is 4.79 Å². The summed E-state index contributed by atoms with van der Waals surface area (Å²) < 4.78 is 0. The molecule has 92 valence electrons. The van der Waals surface area contributed by atoms with E-state index in [1.54, 1.807) is 6.20 Å². The highest BCUT2D eigenvalue weighted by molar-refractivity contribution is 6.16. The van der Waals surface area contributed by atoms with Crippen LogP contribution >= 0.6 is 0 Å². The molecule has 0 amide bonds. The van der Waals surface area contributed by atoms with Crippen LogP contribution in [0, 0.1) is 6.92 Å². The lowest BCUT2D eigenvalue weighted by atomic mass is 9.98. The number of benzene rings is 2. The van der Waals surface area contributed by atoms with E-state index in [0.29, 0.717) is 5.56 Å². The fraction of sp³-hybridized carbons (Fsp3) is 0.0588. The lowest BCUT2D eigenvalue weighted by Crippen LogP contribution is -2.02. The van der Waals surface area contributed by atoms with E-state index < -0.39 is 0 Å². The molecular formula is C17H13NO. The minimum Gasteiger partial charge on any atom is -0.289 e. The zero-order valence-corrected chi connectivity index (χ0v) is 10.6. The summed E-state index contributed by atoms with van der Waals surface area (Å²) in [5.74, 6) is 0.0179. The van der Waals surface area contributed by atoms with Crippen molar-refractivity contribution in [3.63, 3.8) is 0 Å². The summed E-state index contributed by atoms with van der Waals surface area (Å²) in [6.45, 7) is 1.91. The molecule has 0 aliphatic carbocycles. The lowest BCUT2D eigenvalue weighted by Gasteiger charge is -2.05. The number of nitrogens with zero attached hydrogens (tertiary/aromatic N) is 1. The molecule has 0 unspecified atom stereocenters. The van der Waals surface area contributed by atoms with E-state index in [4.69, 9.17) is 0 Å². The van der Waals surface area contributed by atoms with Crippen LogP contribution in [-0.2, 0) is 0 Å². The fourth-order valence-electron chi connectivity index (χ4n) is 2.18. The number of rotatable bonds is 2. The smallest absolute Gasteiger partial charge is 0.195 e. The predicted octanol–water partition coefficient (Wildman–Crippen LogP) is 3.77. The van der Waals surface area contributed by atoms with Crippen LogP contribution in [0.4, 0.5) is 0 Å². The highest BCUT2D eigenvalue weighted by atomic mass is 16.1. The maximum atomic E-state index is 12.5. The zero-order valence-electron chi connectivity index (χ0n) is 10.6. The van der Waals surface area contributed by atoms with Crippen LogP contribution in [0.5, 0.6) is 0 Å². The molecule has 2 aromatic carbocycles. The molecule has 1 aromatic heterocycles. The van der Waals surface area contributed by atoms with Crippen LogP contribution in [0.15, 0.2) is 60.8 Å². The number of carbonyl (C=O) groups excluding carboxylic acids is 1. The molecule has 0 spiro atoms. The largest absolute Gasteiger partial charge is 0.289 e. The first kappa shape index (κ1) is 11.6. The summed E-state index contributed by atoms with van der Waals surface area (Å²) >= 11 is 0. The van der Waals surface area contributed by atoms with E-state index in [2.05, 4.69) is 4.98 Å². The minimum atomic E-state index is 0.0179. The van der Waals surface area contributed by atoms with Crippen LogP contribution in [0.1, 0.15) is 21.6 Å². The van der Waals surface area contributed by atoms with Gasteiger partial charge in [-0.25, -0.2) is 0 Å². The highest BCUT2D eigenvalue weighted by Gasteiger charge is 2.12. The van der Waals surface area contributed by atoms with E-state index in [1.165, 1.54) is 0 Å². The molecule has 1 heterocycles. The molecule has 0 atom stereocenters. The van der Waals surface area contributed by atoms with Gasteiger partial charge < -0.3 is 0 Å². The van der Waals surface area contributed by atoms with Gasteiger partial charge >= 0.3 is 0 Å². The molecule has 3 rings (SSSR count). The maximum Gasteiger partial charge on any atom is 0.195 e. The first-order chi connectivity index (χ1) is 9.25. The van der Waals surface area contributed by atoms with Crippen molar-refractivity contribution >= 4 is 16.6 Å². The second-order valence-corrected chi connectivity index (χ2v) is 4.54. The summed E-state index contributed by atoms with van der Waals surface area (Å²) in [5, 5.41) is 2.06. The zero-order chi connectivity index (χ0) is 13.2. The maximum absolute atomic E-state index is 12.5. The third-order valence-corrected chi connectivity index (χ3v) is 3.21. The number of pyridine rings is 1. The van der Waals surface area contributed by atoms with Gasteiger partial charge in [0, 0.05) is 23.0 Å². The van der Waals surface area contributed by atoms with Crippen molar-refractivity contribution in [3.05, 3.63) is 77.6 Å². The summed E-state index contributed by atoms with van der Waals surface area (Å²) in [5.41, 5.74) is 2.26. The highest BCUT2D eigenvalue weighted by Crippen LogP contribution is 2.21. The van der Waals surface area contributed by atoms with E-state index >= 15 is 0 Å². The monoisotopic (exact) mass is 247 g/mol. The number of hydrogen-bond acceptors (Lipinski definition) is 2. The molecular weight excluding hydrogens is 234 g/mol. The standard InChI is InChI=1S/C17H13NO/c1-12-9-10-14(11-18-12)17(19)16-8-4-6-13-5-2-3-7-15(13)16/h2-11H,1H3. The van der Waals surface area contributed by atoms with Crippen molar-refractivity contribution in [2.45, 2.75) is 6.92 Å². The molecule has 2 heteroatoms. The number of hydrogen-bond donors (Lipinski definition) is 0.